The summed E-state index contributed by atoms with van der Waals surface area (Å²) in [5.74, 6) is 0.582. The fourth-order valence-electron chi connectivity index (χ4n) is 2.05. The maximum Gasteiger partial charge on any atom is 0.0459 e. The Morgan fingerprint density at radius 2 is 1.20 bits per heavy atom. The summed E-state index contributed by atoms with van der Waals surface area (Å²) in [4.78, 5) is 0. The lowest BCUT2D eigenvalue weighted by molar-refractivity contribution is 0.204. The number of aliphatic hydroxyl groups is 1. The van der Waals surface area contributed by atoms with Crippen LogP contribution < -0.4 is 0 Å². The molecule has 0 amide bonds. The first-order valence-electron chi connectivity index (χ1n) is 6.96. The standard InChI is InChI=1S/C14H30O/c1-3-5-7-8-10-12-14(13-15)11-9-6-4-2/h14-15H,3-13H2,1-2H3/t14-/m1/s1. The van der Waals surface area contributed by atoms with Gasteiger partial charge in [-0.3, -0.25) is 0 Å². The number of aliphatic hydroxyl groups excluding tert-OH is 1. The molecular weight excluding hydrogens is 184 g/mol. The van der Waals surface area contributed by atoms with Gasteiger partial charge in [0.05, 0.1) is 0 Å². The van der Waals surface area contributed by atoms with Gasteiger partial charge in [-0.2, -0.15) is 0 Å². The van der Waals surface area contributed by atoms with E-state index in [1.165, 1.54) is 64.2 Å². The van der Waals surface area contributed by atoms with Crippen LogP contribution in [0.2, 0.25) is 0 Å². The van der Waals surface area contributed by atoms with Gasteiger partial charge in [0.2, 0.25) is 0 Å². The molecule has 0 aliphatic rings. The van der Waals surface area contributed by atoms with Crippen LogP contribution in [0.5, 0.6) is 0 Å². The first-order valence-corrected chi connectivity index (χ1v) is 6.96. The van der Waals surface area contributed by atoms with Crippen LogP contribution in [0.4, 0.5) is 0 Å². The third-order valence-corrected chi connectivity index (χ3v) is 3.19. The van der Waals surface area contributed by atoms with Gasteiger partial charge in [-0.15, -0.1) is 0 Å². The van der Waals surface area contributed by atoms with Crippen molar-refractivity contribution in [3.8, 4) is 0 Å². The van der Waals surface area contributed by atoms with E-state index in [9.17, 15) is 5.11 Å². The molecule has 0 aromatic heterocycles. The highest BCUT2D eigenvalue weighted by molar-refractivity contribution is 4.58. The van der Waals surface area contributed by atoms with Gasteiger partial charge in [-0.05, 0) is 18.8 Å². The third-order valence-electron chi connectivity index (χ3n) is 3.19. The lowest BCUT2D eigenvalue weighted by atomic mass is 9.95. The molecule has 15 heavy (non-hydrogen) atoms. The van der Waals surface area contributed by atoms with Gasteiger partial charge in [0.15, 0.2) is 0 Å². The number of rotatable bonds is 11. The molecule has 0 saturated heterocycles. The minimum absolute atomic E-state index is 0.400. The van der Waals surface area contributed by atoms with Crippen LogP contribution in [0.3, 0.4) is 0 Å². The van der Waals surface area contributed by atoms with Crippen LogP contribution in [0, 0.1) is 5.92 Å². The van der Waals surface area contributed by atoms with E-state index >= 15 is 0 Å². The van der Waals surface area contributed by atoms with E-state index in [-0.39, 0.29) is 0 Å². The first kappa shape index (κ1) is 15.0. The van der Waals surface area contributed by atoms with Crippen LogP contribution in [0.1, 0.15) is 78.1 Å². The Bertz CT molecular complexity index is 112. The summed E-state index contributed by atoms with van der Waals surface area (Å²) in [6, 6.07) is 0. The summed E-state index contributed by atoms with van der Waals surface area (Å²) in [6.45, 7) is 4.89. The van der Waals surface area contributed by atoms with Gasteiger partial charge in [0, 0.05) is 6.61 Å². The Balaban J connectivity index is 3.28. The summed E-state index contributed by atoms with van der Waals surface area (Å²) in [6.07, 6.45) is 13.1. The number of unbranched alkanes of at least 4 members (excludes halogenated alkanes) is 6. The maximum absolute atomic E-state index is 9.23. The van der Waals surface area contributed by atoms with Gasteiger partial charge >= 0.3 is 0 Å². The van der Waals surface area contributed by atoms with Crippen molar-refractivity contribution in [2.24, 2.45) is 5.92 Å². The fraction of sp³-hybridized carbons (Fsp3) is 1.00. The molecule has 92 valence electrons. The normalized spacial score (nSPS) is 13.0. The Kier molecular flexibility index (Phi) is 12.0. The summed E-state index contributed by atoms with van der Waals surface area (Å²) < 4.78 is 0. The second kappa shape index (κ2) is 12.0. The predicted octanol–water partition coefficient (Wildman–Crippen LogP) is 4.54. The van der Waals surface area contributed by atoms with Gasteiger partial charge in [0.1, 0.15) is 0 Å². The zero-order chi connectivity index (χ0) is 11.4. The van der Waals surface area contributed by atoms with E-state index in [0.29, 0.717) is 12.5 Å². The Morgan fingerprint density at radius 1 is 0.733 bits per heavy atom. The highest BCUT2D eigenvalue weighted by Gasteiger charge is 2.06. The smallest absolute Gasteiger partial charge is 0.0459 e. The van der Waals surface area contributed by atoms with Gasteiger partial charge in [0.25, 0.3) is 0 Å². The van der Waals surface area contributed by atoms with Crippen LogP contribution in [0.15, 0.2) is 0 Å². The van der Waals surface area contributed by atoms with E-state index < -0.39 is 0 Å². The second-order valence-electron chi connectivity index (χ2n) is 4.75. The monoisotopic (exact) mass is 214 g/mol. The van der Waals surface area contributed by atoms with Crippen LogP contribution >= 0.6 is 0 Å². The number of hydrogen-bond acceptors (Lipinski definition) is 1. The number of hydrogen-bond donors (Lipinski definition) is 1. The van der Waals surface area contributed by atoms with Crippen molar-refractivity contribution < 1.29 is 5.11 Å². The first-order chi connectivity index (χ1) is 7.35. The van der Waals surface area contributed by atoms with Crippen LogP contribution in [0.25, 0.3) is 0 Å². The van der Waals surface area contributed by atoms with E-state index in [0.717, 1.165) is 0 Å². The minimum Gasteiger partial charge on any atom is -0.396 e. The quantitative estimate of drug-likeness (QED) is 0.501. The van der Waals surface area contributed by atoms with E-state index in [1.54, 1.807) is 0 Å². The molecule has 0 unspecified atom stereocenters. The van der Waals surface area contributed by atoms with E-state index in [2.05, 4.69) is 13.8 Å². The van der Waals surface area contributed by atoms with Gasteiger partial charge in [-0.1, -0.05) is 65.2 Å². The third kappa shape index (κ3) is 10.2. The molecule has 0 aromatic rings. The lowest BCUT2D eigenvalue weighted by Gasteiger charge is -2.13. The second-order valence-corrected chi connectivity index (χ2v) is 4.75. The van der Waals surface area contributed by atoms with Crippen LogP contribution in [-0.2, 0) is 0 Å². The molecule has 0 spiro atoms. The minimum atomic E-state index is 0.400. The molecule has 1 N–H and O–H groups in total. The van der Waals surface area contributed by atoms with Crippen molar-refractivity contribution in [3.05, 3.63) is 0 Å². The zero-order valence-corrected chi connectivity index (χ0v) is 10.8. The summed E-state index contributed by atoms with van der Waals surface area (Å²) in [5, 5.41) is 9.23. The Labute approximate surface area is 96.3 Å². The molecule has 0 fully saturated rings. The molecule has 1 nitrogen and oxygen atoms in total. The molecule has 0 saturated carbocycles. The fourth-order valence-corrected chi connectivity index (χ4v) is 2.05. The molecule has 0 rings (SSSR count). The van der Waals surface area contributed by atoms with Crippen molar-refractivity contribution in [3.63, 3.8) is 0 Å². The summed E-state index contributed by atoms with van der Waals surface area (Å²) in [5.41, 5.74) is 0. The average molecular weight is 214 g/mol. The Hall–Kier alpha value is -0.0400. The highest BCUT2D eigenvalue weighted by atomic mass is 16.3. The predicted molar refractivity (Wildman–Crippen MR) is 68.1 cm³/mol. The molecule has 1 heteroatoms. The van der Waals surface area contributed by atoms with Crippen LogP contribution in [-0.4, -0.2) is 11.7 Å². The largest absolute Gasteiger partial charge is 0.396 e. The topological polar surface area (TPSA) is 20.2 Å². The zero-order valence-electron chi connectivity index (χ0n) is 10.8. The molecule has 1 atom stereocenters. The van der Waals surface area contributed by atoms with Crippen molar-refractivity contribution >= 4 is 0 Å². The molecule has 0 aliphatic carbocycles. The van der Waals surface area contributed by atoms with E-state index in [1.807, 2.05) is 0 Å². The lowest BCUT2D eigenvalue weighted by Crippen LogP contribution is -2.05. The summed E-state index contributed by atoms with van der Waals surface area (Å²) >= 11 is 0. The van der Waals surface area contributed by atoms with E-state index in [4.69, 9.17) is 0 Å². The molecular formula is C14H30O. The molecule has 0 heterocycles. The van der Waals surface area contributed by atoms with Crippen molar-refractivity contribution in [2.75, 3.05) is 6.61 Å². The van der Waals surface area contributed by atoms with Crippen molar-refractivity contribution in [2.45, 2.75) is 78.1 Å². The maximum atomic E-state index is 9.23. The SMILES string of the molecule is CCCCCCC[C@H](CO)CCCCC. The molecule has 0 bridgehead atoms. The Morgan fingerprint density at radius 3 is 1.73 bits per heavy atom. The van der Waals surface area contributed by atoms with Crippen molar-refractivity contribution in [1.82, 2.24) is 0 Å². The summed E-state index contributed by atoms with van der Waals surface area (Å²) in [7, 11) is 0. The van der Waals surface area contributed by atoms with Gasteiger partial charge < -0.3 is 5.11 Å². The highest BCUT2D eigenvalue weighted by Crippen LogP contribution is 2.17. The molecule has 0 radical (unpaired) electrons. The van der Waals surface area contributed by atoms with Gasteiger partial charge in [-0.25, -0.2) is 0 Å². The van der Waals surface area contributed by atoms with Crippen molar-refractivity contribution in [1.29, 1.82) is 0 Å². The average Bonchev–Trinajstić information content (AvgIpc) is 2.26. The molecule has 0 aliphatic heterocycles. The molecule has 0 aromatic carbocycles.